The van der Waals surface area contributed by atoms with Crippen LogP contribution >= 0.6 is 0 Å². The predicted molar refractivity (Wildman–Crippen MR) is 116 cm³/mol. The topological polar surface area (TPSA) is 84.6 Å². The van der Waals surface area contributed by atoms with Gasteiger partial charge in [-0.1, -0.05) is 32.8 Å². The molecule has 4 rings (SSSR count). The summed E-state index contributed by atoms with van der Waals surface area (Å²) >= 11 is 0. The molecule has 3 aromatic heterocycles. The van der Waals surface area contributed by atoms with Crippen molar-refractivity contribution in [3.8, 4) is 23.2 Å². The highest BCUT2D eigenvalue weighted by Gasteiger charge is 2.26. The number of pyridine rings is 1. The van der Waals surface area contributed by atoms with E-state index < -0.39 is 11.9 Å². The molecule has 162 valence electrons. The molecule has 1 aliphatic rings. The number of halogens is 1. The van der Waals surface area contributed by atoms with Crippen LogP contribution in [0.2, 0.25) is 0 Å². The van der Waals surface area contributed by atoms with E-state index in [9.17, 15) is 5.11 Å². The van der Waals surface area contributed by atoms with Crippen molar-refractivity contribution < 1.29 is 14.2 Å². The molecule has 0 aliphatic carbocycles. The number of hydrogen-bond acceptors (Lipinski definition) is 6. The first kappa shape index (κ1) is 21.2. The van der Waals surface area contributed by atoms with Crippen LogP contribution in [0.15, 0.2) is 24.5 Å². The Labute approximate surface area is 180 Å². The molecule has 0 aromatic carbocycles. The smallest absolute Gasteiger partial charge is 0.241 e. The van der Waals surface area contributed by atoms with Crippen molar-refractivity contribution >= 4 is 11.5 Å². The third-order valence-corrected chi connectivity index (χ3v) is 5.39. The van der Waals surface area contributed by atoms with Crippen LogP contribution in [-0.2, 0) is 10.2 Å². The van der Waals surface area contributed by atoms with E-state index in [0.29, 0.717) is 24.4 Å². The van der Waals surface area contributed by atoms with E-state index in [1.807, 2.05) is 12.1 Å². The van der Waals surface area contributed by atoms with Gasteiger partial charge in [0.15, 0.2) is 5.82 Å². The average Bonchev–Trinajstić information content (AvgIpc) is 3.01. The van der Waals surface area contributed by atoms with Crippen molar-refractivity contribution in [1.29, 1.82) is 0 Å². The van der Waals surface area contributed by atoms with Crippen LogP contribution in [0.5, 0.6) is 0 Å². The van der Waals surface area contributed by atoms with E-state index in [4.69, 9.17) is 4.74 Å². The number of nitrogens with zero attached hydrogens (tertiary/aromatic N) is 4. The fourth-order valence-electron chi connectivity index (χ4n) is 3.59. The Bertz CT molecular complexity index is 1160. The fraction of sp³-hybridized carbons (Fsp3) is 0.435. The highest BCUT2D eigenvalue weighted by Crippen LogP contribution is 2.30. The maximum absolute atomic E-state index is 15.2. The molecular formula is C23H26FN5O2. The van der Waals surface area contributed by atoms with Crippen LogP contribution in [0.25, 0.3) is 16.9 Å². The van der Waals surface area contributed by atoms with Gasteiger partial charge >= 0.3 is 0 Å². The molecule has 4 heterocycles. The van der Waals surface area contributed by atoms with Gasteiger partial charge in [-0.05, 0) is 30.4 Å². The molecule has 3 aromatic rings. The lowest BCUT2D eigenvalue weighted by atomic mass is 9.88. The van der Waals surface area contributed by atoms with Crippen molar-refractivity contribution in [2.24, 2.45) is 0 Å². The maximum Gasteiger partial charge on any atom is 0.241 e. The zero-order chi connectivity index (χ0) is 22.2. The first-order chi connectivity index (χ1) is 14.8. The summed E-state index contributed by atoms with van der Waals surface area (Å²) in [4.78, 5) is 8.83. The van der Waals surface area contributed by atoms with Crippen LogP contribution in [0.1, 0.15) is 45.2 Å². The Hall–Kier alpha value is -3.02. The number of rotatable bonds is 3. The van der Waals surface area contributed by atoms with Gasteiger partial charge in [0.05, 0.1) is 36.2 Å². The zero-order valence-electron chi connectivity index (χ0n) is 18.1. The summed E-state index contributed by atoms with van der Waals surface area (Å²) in [5.74, 6) is 5.44. The van der Waals surface area contributed by atoms with E-state index in [1.165, 1.54) is 10.7 Å². The Morgan fingerprint density at radius 2 is 2.06 bits per heavy atom. The monoisotopic (exact) mass is 423 g/mol. The Morgan fingerprint density at radius 1 is 1.26 bits per heavy atom. The van der Waals surface area contributed by atoms with Gasteiger partial charge in [-0.25, -0.2) is 13.9 Å². The summed E-state index contributed by atoms with van der Waals surface area (Å²) in [7, 11) is 0. The highest BCUT2D eigenvalue weighted by atomic mass is 19.1. The molecule has 0 unspecified atom stereocenters. The molecule has 2 atom stereocenters. The number of nitrogens with one attached hydrogen (secondary N) is 1. The largest absolute Gasteiger partial charge is 0.389 e. The van der Waals surface area contributed by atoms with Crippen LogP contribution in [0.4, 0.5) is 10.3 Å². The third-order valence-electron chi connectivity index (χ3n) is 5.39. The number of ether oxygens (including phenoxy) is 1. The maximum atomic E-state index is 15.2. The molecule has 0 saturated carbocycles. The number of fused-ring (bicyclic) bond motifs is 1. The Morgan fingerprint density at radius 3 is 2.71 bits per heavy atom. The average molecular weight is 423 g/mol. The van der Waals surface area contributed by atoms with E-state index in [-0.39, 0.29) is 35.1 Å². The minimum Gasteiger partial charge on any atom is -0.389 e. The molecule has 1 aliphatic heterocycles. The number of aromatic nitrogens is 4. The third kappa shape index (κ3) is 4.11. The lowest BCUT2D eigenvalue weighted by Gasteiger charge is -2.28. The summed E-state index contributed by atoms with van der Waals surface area (Å²) in [6.45, 7) is 8.79. The Balaban J connectivity index is 1.81. The van der Waals surface area contributed by atoms with Crippen LogP contribution < -0.4 is 5.32 Å². The molecule has 0 spiro atoms. The standard InChI is InChI=1S/C23H26FN5O2/c1-5-6-15-20(24)18-12-26-22(27-16-9-10-31-13-19(16)30)28-29(18)21(15)17-8-7-14(11-25-17)23(2,3)4/h7-8,11-12,16,19,30H,9-10,13H2,1-4H3,(H,27,28)/t16-,19-/m1/s1. The zero-order valence-corrected chi connectivity index (χ0v) is 18.1. The van der Waals surface area contributed by atoms with Crippen LogP contribution in [0, 0.1) is 17.7 Å². The summed E-state index contributed by atoms with van der Waals surface area (Å²) in [6.07, 6.45) is 3.18. The lowest BCUT2D eigenvalue weighted by molar-refractivity contribution is -0.0136. The van der Waals surface area contributed by atoms with E-state index in [2.05, 4.69) is 53.0 Å². The van der Waals surface area contributed by atoms with Crippen LogP contribution in [-0.4, -0.2) is 50.0 Å². The quantitative estimate of drug-likeness (QED) is 0.630. The van der Waals surface area contributed by atoms with Crippen molar-refractivity contribution in [2.45, 2.75) is 51.7 Å². The van der Waals surface area contributed by atoms with Gasteiger partial charge in [-0.3, -0.25) is 4.98 Å². The van der Waals surface area contributed by atoms with Crippen molar-refractivity contribution in [1.82, 2.24) is 19.6 Å². The summed E-state index contributed by atoms with van der Waals surface area (Å²) < 4.78 is 21.9. The van der Waals surface area contributed by atoms with Gasteiger partial charge in [0.25, 0.3) is 0 Å². The van der Waals surface area contributed by atoms with Crippen LogP contribution in [0.3, 0.4) is 0 Å². The van der Waals surface area contributed by atoms with Gasteiger partial charge in [-0.15, -0.1) is 11.0 Å². The molecule has 0 bridgehead atoms. The molecule has 8 heteroatoms. The molecule has 1 saturated heterocycles. The van der Waals surface area contributed by atoms with Crippen molar-refractivity contribution in [2.75, 3.05) is 18.5 Å². The predicted octanol–water partition coefficient (Wildman–Crippen LogP) is 3.16. The second-order valence-electron chi connectivity index (χ2n) is 8.66. The molecule has 7 nitrogen and oxygen atoms in total. The van der Waals surface area contributed by atoms with Crippen molar-refractivity contribution in [3.63, 3.8) is 0 Å². The SMILES string of the molecule is CC#Cc1c(F)c2cnc(N[C@@H]3CCOC[C@H]3O)nn2c1-c1ccc(C(C)(C)C)cn1. The molecule has 1 fully saturated rings. The minimum absolute atomic E-state index is 0.0477. The fourth-order valence-corrected chi connectivity index (χ4v) is 3.59. The lowest BCUT2D eigenvalue weighted by Crippen LogP contribution is -2.42. The summed E-state index contributed by atoms with van der Waals surface area (Å²) in [6, 6.07) is 3.61. The second kappa shape index (κ2) is 8.25. The van der Waals surface area contributed by atoms with Gasteiger partial charge < -0.3 is 15.2 Å². The second-order valence-corrected chi connectivity index (χ2v) is 8.66. The van der Waals surface area contributed by atoms with E-state index >= 15 is 4.39 Å². The number of anilines is 1. The van der Waals surface area contributed by atoms with E-state index in [1.54, 1.807) is 13.1 Å². The molecule has 2 N–H and O–H groups in total. The first-order valence-electron chi connectivity index (χ1n) is 10.3. The Kier molecular flexibility index (Phi) is 5.65. The highest BCUT2D eigenvalue weighted by molar-refractivity contribution is 5.73. The molecule has 0 radical (unpaired) electrons. The molecule has 31 heavy (non-hydrogen) atoms. The number of aliphatic hydroxyl groups is 1. The molecule has 0 amide bonds. The number of aliphatic hydroxyl groups excluding tert-OH is 1. The van der Waals surface area contributed by atoms with Gasteiger partial charge in [0.2, 0.25) is 5.95 Å². The van der Waals surface area contributed by atoms with E-state index in [0.717, 1.165) is 5.56 Å². The van der Waals surface area contributed by atoms with Gasteiger partial charge in [0.1, 0.15) is 11.2 Å². The summed E-state index contributed by atoms with van der Waals surface area (Å²) in [5.41, 5.74) is 2.52. The first-order valence-corrected chi connectivity index (χ1v) is 10.3. The minimum atomic E-state index is -0.665. The normalized spacial score (nSPS) is 19.2. The van der Waals surface area contributed by atoms with Crippen molar-refractivity contribution in [3.05, 3.63) is 41.5 Å². The number of hydrogen-bond donors (Lipinski definition) is 2. The van der Waals surface area contributed by atoms with Gasteiger partial charge in [0, 0.05) is 12.8 Å². The molecular weight excluding hydrogens is 397 g/mol. The summed E-state index contributed by atoms with van der Waals surface area (Å²) in [5, 5.41) is 17.8. The van der Waals surface area contributed by atoms with Gasteiger partial charge in [-0.2, -0.15) is 0 Å².